The normalized spacial score (nSPS) is 19.4. The maximum Gasteiger partial charge on any atom is 0.344 e. The van der Waals surface area contributed by atoms with Gasteiger partial charge in [0.15, 0.2) is 19.0 Å². The fourth-order valence-electron chi connectivity index (χ4n) is 11.5. The van der Waals surface area contributed by atoms with Crippen LogP contribution in [-0.4, -0.2) is 169 Å². The number of hydrogen-bond donors (Lipinski definition) is 5. The number of ether oxygens (including phenoxy) is 4. The van der Waals surface area contributed by atoms with E-state index in [-0.39, 0.29) is 121 Å². The fourth-order valence-corrected chi connectivity index (χ4v) is 14.2. The second kappa shape index (κ2) is 34.2. The molecule has 31 heteroatoms. The van der Waals surface area contributed by atoms with E-state index in [2.05, 4.69) is 99.6 Å². The van der Waals surface area contributed by atoms with Crippen LogP contribution in [0.25, 0.3) is 0 Å². The molecule has 0 bridgehead atoms. The number of hydrogen-bond acceptors (Lipinski definition) is 21. The summed E-state index contributed by atoms with van der Waals surface area (Å²) in [6, 6.07) is 18.4. The highest BCUT2D eigenvalue weighted by molar-refractivity contribution is 9.08. The lowest BCUT2D eigenvalue weighted by atomic mass is 9.94. The molecule has 9 amide bonds. The smallest absolute Gasteiger partial charge is 0.344 e. The molecule has 6 heterocycles. The van der Waals surface area contributed by atoms with Crippen LogP contribution >= 0.6 is 15.9 Å². The highest BCUT2D eigenvalue weighted by Crippen LogP contribution is 2.43. The molecule has 0 spiro atoms. The average molecular weight is 1550 g/mol. The minimum absolute atomic E-state index is 0.0294. The first-order valence-corrected chi connectivity index (χ1v) is 41.3. The van der Waals surface area contributed by atoms with Gasteiger partial charge in [0.1, 0.15) is 52.5 Å². The molecule has 4 fully saturated rings. The Morgan fingerprint density at radius 2 is 0.905 bits per heavy atom. The number of carboxylic acids is 1. The molecule has 11 rings (SSSR count). The number of piperidine rings is 3. The van der Waals surface area contributed by atoms with E-state index < -0.39 is 76.6 Å². The molecule has 4 aromatic carbocycles. The Hall–Kier alpha value is -9.47. The van der Waals surface area contributed by atoms with Gasteiger partial charge in [0.05, 0.1) is 44.8 Å². The zero-order chi connectivity index (χ0) is 78.0. The first-order valence-electron chi connectivity index (χ1n) is 34.4. The van der Waals surface area contributed by atoms with Crippen molar-refractivity contribution < 1.29 is 100 Å². The van der Waals surface area contributed by atoms with Gasteiger partial charge in [-0.25, -0.2) is 14.4 Å². The second-order valence-electron chi connectivity index (χ2n) is 30.1. The van der Waals surface area contributed by atoms with Gasteiger partial charge >= 0.3 is 17.9 Å². The molecule has 0 radical (unpaired) electrons. The summed E-state index contributed by atoms with van der Waals surface area (Å²) in [5, 5.41) is 16.2. The number of alkyl halides is 1. The zero-order valence-corrected chi connectivity index (χ0v) is 65.3. The molecule has 4 atom stereocenters. The van der Waals surface area contributed by atoms with Crippen molar-refractivity contribution >= 4 is 115 Å². The minimum atomic E-state index is -2.05. The lowest BCUT2D eigenvalue weighted by Crippen LogP contribution is -2.52. The Kier molecular flexibility index (Phi) is 27.0. The van der Waals surface area contributed by atoms with Gasteiger partial charge < -0.3 is 53.3 Å². The Labute approximate surface area is 620 Å². The van der Waals surface area contributed by atoms with Crippen LogP contribution in [-0.2, 0) is 82.4 Å². The van der Waals surface area contributed by atoms with Gasteiger partial charge in [0, 0.05) is 70.0 Å². The van der Waals surface area contributed by atoms with Crippen molar-refractivity contribution in [3.8, 4) is 23.0 Å². The number of carbonyl (C=O) groups is 14. The number of carbonyl (C=O) groups excluding carboxylic acids is 13. The highest BCUT2D eigenvalue weighted by atomic mass is 79.9. The predicted octanol–water partition coefficient (Wildman–Crippen LogP) is 8.30. The standard InChI is InChI=1S/C19H22N2O6.C19H26N2O4Si.C15H23BrO3Si.C15H14N2O6.C6H9NO2/c1-19(2,3)27-16(23)10-26-14-6-4-5-11-12(14)9-21(18(11)25)13-7-8-15(22)20-17(13)24;1-19(2,3)26(4,5)25-15-8-6-7-12-13(15)11-21(18(12)24)14-9-10-16(22)20-17(14)23;1-15(2,3)20(5,6)19-13-9-7-8-11(12(13)10-16)14(17)18-4;18-12-5-4-10(14(21)16-12)17-6-9-8(15(17)22)2-1-3-11(9)23-7-13(19)20;7-5-2-1-4(8)3-6(5)9/h4-6,13H,7-10H2,1-3H3,(H,20,22,24);6-8,14H,9-11H2,1-5H3,(H,20,22,23);7-9H,10H2,1-6H3;1-3,10H,4-7H2,(H,19,20)(H,16,18,21);5H,1-3,7H2. The van der Waals surface area contributed by atoms with Crippen LogP contribution in [0.15, 0.2) is 72.8 Å². The van der Waals surface area contributed by atoms with Crippen LogP contribution in [0.5, 0.6) is 23.0 Å². The number of aliphatic carboxylic acids is 1. The molecular formula is C74H94BrN7O21Si2. The number of imide groups is 3. The van der Waals surface area contributed by atoms with Crippen molar-refractivity contribution in [1.29, 1.82) is 0 Å². The fraction of sp³-hybridized carbons (Fsp3) is 0.486. The molecule has 105 heavy (non-hydrogen) atoms. The molecule has 6 N–H and O–H groups in total. The topological polar surface area (TPSA) is 386 Å². The highest BCUT2D eigenvalue weighted by Gasteiger charge is 2.46. The van der Waals surface area contributed by atoms with Crippen molar-refractivity contribution in [2.24, 2.45) is 5.73 Å². The van der Waals surface area contributed by atoms with Gasteiger partial charge in [-0.15, -0.1) is 0 Å². The van der Waals surface area contributed by atoms with E-state index in [0.717, 1.165) is 22.6 Å². The maximum absolute atomic E-state index is 12.9. The molecule has 0 aromatic heterocycles. The summed E-state index contributed by atoms with van der Waals surface area (Å²) in [4.78, 5) is 168. The van der Waals surface area contributed by atoms with Crippen LogP contribution in [0.4, 0.5) is 0 Å². The second-order valence-corrected chi connectivity index (χ2v) is 40.1. The molecular weight excluding hydrogens is 1460 g/mol. The number of nitrogens with two attached hydrogens (primary N) is 1. The van der Waals surface area contributed by atoms with Crippen molar-refractivity contribution in [3.63, 3.8) is 0 Å². The molecule has 7 aliphatic rings. The maximum atomic E-state index is 12.9. The number of Topliss-reactive ketones (excluding diaryl/α,β-unsaturated/α-hetero) is 2. The summed E-state index contributed by atoms with van der Waals surface area (Å²) in [5.74, 6) is -2.90. The van der Waals surface area contributed by atoms with Gasteiger partial charge in [0.2, 0.25) is 52.1 Å². The third-order valence-corrected chi connectivity index (χ3v) is 28.5. The van der Waals surface area contributed by atoms with Crippen LogP contribution in [0.1, 0.15) is 184 Å². The third kappa shape index (κ3) is 20.7. The van der Waals surface area contributed by atoms with Crippen LogP contribution in [0.2, 0.25) is 36.3 Å². The number of rotatable bonds is 15. The number of fused-ring (bicyclic) bond motifs is 3. The van der Waals surface area contributed by atoms with Gasteiger partial charge in [-0.2, -0.15) is 0 Å². The van der Waals surface area contributed by atoms with E-state index in [4.69, 9.17) is 38.6 Å². The average Bonchev–Trinajstić information content (AvgIpc) is 1.65. The summed E-state index contributed by atoms with van der Waals surface area (Å²) in [6.07, 6.45) is 2.63. The van der Waals surface area contributed by atoms with Gasteiger partial charge in [0.25, 0.3) is 17.7 Å². The number of nitrogens with zero attached hydrogens (tertiary/aromatic N) is 3. The monoisotopic (exact) mass is 1550 g/mol. The molecule has 4 unspecified atom stereocenters. The molecule has 4 aromatic rings. The molecule has 1 saturated carbocycles. The van der Waals surface area contributed by atoms with Crippen LogP contribution < -0.4 is 40.0 Å². The number of carboxylic acid groups (broad SMARTS) is 1. The Morgan fingerprint density at radius 1 is 0.533 bits per heavy atom. The summed E-state index contributed by atoms with van der Waals surface area (Å²) >= 11 is 3.44. The SMILES string of the molecule is CC(C)(C)OC(=O)COc1cccc2c1CN(C1CCC(=O)NC1=O)C2=O.CC(C)(C)[Si](C)(C)Oc1cccc2c1CN(C1CCC(=O)NC1=O)C2=O.COC(=O)c1cccc(O[Si](C)(C)C(C)(C)C)c1CBr.NC1CCC(=O)CC1=O.O=C(O)COc1cccc2c1CN(C1CCC(=O)NC1=O)C2=O. The largest absolute Gasteiger partial charge is 0.543 e. The number of halogens is 1. The molecule has 28 nitrogen and oxygen atoms in total. The summed E-state index contributed by atoms with van der Waals surface area (Å²) in [7, 11) is -2.59. The molecule has 6 aliphatic heterocycles. The van der Waals surface area contributed by atoms with Crippen molar-refractivity contribution in [2.75, 3.05) is 20.3 Å². The van der Waals surface area contributed by atoms with E-state index in [1.807, 2.05) is 24.3 Å². The van der Waals surface area contributed by atoms with Crippen molar-refractivity contribution in [3.05, 3.63) is 117 Å². The number of esters is 2. The summed E-state index contributed by atoms with van der Waals surface area (Å²) in [6.45, 7) is 27.0. The minimum Gasteiger partial charge on any atom is -0.543 e. The Balaban J connectivity index is 0.000000189. The van der Waals surface area contributed by atoms with Gasteiger partial charge in [-0.1, -0.05) is 81.7 Å². The van der Waals surface area contributed by atoms with Crippen molar-refractivity contribution in [2.45, 2.75) is 211 Å². The van der Waals surface area contributed by atoms with E-state index in [9.17, 15) is 67.1 Å². The number of amides is 9. The van der Waals surface area contributed by atoms with E-state index in [1.54, 1.807) is 74.2 Å². The zero-order valence-electron chi connectivity index (χ0n) is 61.8. The first kappa shape index (κ1) is 82.8. The van der Waals surface area contributed by atoms with E-state index in [0.29, 0.717) is 82.4 Å². The Bertz CT molecular complexity index is 4100. The van der Waals surface area contributed by atoms with Crippen LogP contribution in [0, 0.1) is 0 Å². The number of benzene rings is 4. The quantitative estimate of drug-likeness (QED) is 0.0245. The third-order valence-electron chi connectivity index (χ3n) is 19.3. The number of ketones is 2. The lowest BCUT2D eigenvalue weighted by molar-refractivity contribution is -0.157. The summed E-state index contributed by atoms with van der Waals surface area (Å²) in [5.41, 5.74) is 9.56. The van der Waals surface area contributed by atoms with E-state index >= 15 is 0 Å². The van der Waals surface area contributed by atoms with Gasteiger partial charge in [-0.05, 0) is 131 Å². The molecule has 3 saturated heterocycles. The summed E-state index contributed by atoms with van der Waals surface area (Å²) < 4.78 is 33.6. The Morgan fingerprint density at radius 3 is 1.26 bits per heavy atom. The predicted molar refractivity (Wildman–Crippen MR) is 390 cm³/mol. The number of methoxy groups -OCH3 is 1. The van der Waals surface area contributed by atoms with Gasteiger partial charge in [-0.3, -0.25) is 68.7 Å². The molecule has 1 aliphatic carbocycles. The van der Waals surface area contributed by atoms with E-state index in [1.165, 1.54) is 16.9 Å². The number of nitrogens with one attached hydrogen (secondary N) is 3. The lowest BCUT2D eigenvalue weighted by Gasteiger charge is -2.37. The van der Waals surface area contributed by atoms with Crippen LogP contribution in [0.3, 0.4) is 0 Å². The van der Waals surface area contributed by atoms with Crippen molar-refractivity contribution in [1.82, 2.24) is 30.7 Å². The molecule has 566 valence electrons. The first-order chi connectivity index (χ1) is 49.0.